The van der Waals surface area contributed by atoms with Crippen LogP contribution in [0.3, 0.4) is 0 Å². The summed E-state index contributed by atoms with van der Waals surface area (Å²) in [6.07, 6.45) is 1.78. The summed E-state index contributed by atoms with van der Waals surface area (Å²) in [7, 11) is -3.51. The maximum atomic E-state index is 12.2. The van der Waals surface area contributed by atoms with Gasteiger partial charge in [0, 0.05) is 25.2 Å². The SMILES string of the molecule is CCNS(=O)(=O)c1ccc2c(c1)N(C(=O)CCCN)CC2.Cl. The number of rotatable bonds is 6. The number of anilines is 1. The minimum absolute atomic E-state index is 0. The Bertz CT molecular complexity index is 634. The Kier molecular flexibility index (Phi) is 6.80. The molecule has 22 heavy (non-hydrogen) atoms. The van der Waals surface area contributed by atoms with Crippen LogP contribution in [0.25, 0.3) is 0 Å². The van der Waals surface area contributed by atoms with E-state index in [4.69, 9.17) is 5.73 Å². The summed E-state index contributed by atoms with van der Waals surface area (Å²) in [6, 6.07) is 4.96. The second kappa shape index (κ2) is 7.92. The zero-order valence-electron chi connectivity index (χ0n) is 12.5. The number of fused-ring (bicyclic) bond motifs is 1. The van der Waals surface area contributed by atoms with Crippen LogP contribution in [0.2, 0.25) is 0 Å². The second-order valence-electron chi connectivity index (χ2n) is 4.98. The van der Waals surface area contributed by atoms with E-state index in [1.54, 1.807) is 30.0 Å². The van der Waals surface area contributed by atoms with Gasteiger partial charge in [-0.25, -0.2) is 13.1 Å². The van der Waals surface area contributed by atoms with E-state index in [1.807, 2.05) is 0 Å². The largest absolute Gasteiger partial charge is 0.330 e. The van der Waals surface area contributed by atoms with Crippen molar-refractivity contribution < 1.29 is 13.2 Å². The fourth-order valence-electron chi connectivity index (χ4n) is 2.45. The Morgan fingerprint density at radius 1 is 1.41 bits per heavy atom. The van der Waals surface area contributed by atoms with E-state index in [9.17, 15) is 13.2 Å². The molecule has 0 aromatic heterocycles. The van der Waals surface area contributed by atoms with Crippen molar-refractivity contribution >= 4 is 34.0 Å². The molecule has 2 rings (SSSR count). The number of nitrogens with zero attached hydrogens (tertiary/aromatic N) is 1. The van der Waals surface area contributed by atoms with Crippen molar-refractivity contribution in [3.05, 3.63) is 23.8 Å². The standard InChI is InChI=1S/C14H21N3O3S.ClH/c1-2-16-21(19,20)12-6-5-11-7-9-17(13(11)10-12)14(18)4-3-8-15;/h5-6,10,16H,2-4,7-9,15H2,1H3;1H. The van der Waals surface area contributed by atoms with E-state index in [-0.39, 0.29) is 23.2 Å². The molecule has 1 aliphatic heterocycles. The van der Waals surface area contributed by atoms with Crippen molar-refractivity contribution in [3.8, 4) is 0 Å². The van der Waals surface area contributed by atoms with Crippen LogP contribution in [-0.2, 0) is 21.2 Å². The van der Waals surface area contributed by atoms with Gasteiger partial charge in [-0.2, -0.15) is 0 Å². The summed E-state index contributed by atoms with van der Waals surface area (Å²) >= 11 is 0. The number of halogens is 1. The molecule has 1 aromatic carbocycles. The molecule has 0 bridgehead atoms. The highest BCUT2D eigenvalue weighted by molar-refractivity contribution is 7.89. The minimum atomic E-state index is -3.51. The maximum absolute atomic E-state index is 12.2. The van der Waals surface area contributed by atoms with E-state index in [1.165, 1.54) is 0 Å². The summed E-state index contributed by atoms with van der Waals surface area (Å²) in [5.74, 6) is -0.00259. The molecule has 3 N–H and O–H groups in total. The van der Waals surface area contributed by atoms with E-state index >= 15 is 0 Å². The first-order valence-corrected chi connectivity index (χ1v) is 8.61. The highest BCUT2D eigenvalue weighted by Crippen LogP contribution is 2.31. The molecule has 0 spiro atoms. The molecule has 1 heterocycles. The van der Waals surface area contributed by atoms with Gasteiger partial charge in [-0.15, -0.1) is 12.4 Å². The van der Waals surface area contributed by atoms with Crippen LogP contribution in [0.1, 0.15) is 25.3 Å². The van der Waals surface area contributed by atoms with Gasteiger partial charge in [0.15, 0.2) is 0 Å². The summed E-state index contributed by atoms with van der Waals surface area (Å²) in [5, 5.41) is 0. The van der Waals surface area contributed by atoms with Crippen LogP contribution in [0.15, 0.2) is 23.1 Å². The number of benzene rings is 1. The first-order chi connectivity index (χ1) is 9.99. The molecule has 0 atom stereocenters. The number of carbonyl (C=O) groups excluding carboxylic acids is 1. The molecule has 124 valence electrons. The van der Waals surface area contributed by atoms with Crippen molar-refractivity contribution in [2.24, 2.45) is 5.73 Å². The van der Waals surface area contributed by atoms with Crippen molar-refractivity contribution in [3.63, 3.8) is 0 Å². The van der Waals surface area contributed by atoms with E-state index < -0.39 is 10.0 Å². The number of amides is 1. The van der Waals surface area contributed by atoms with Gasteiger partial charge in [-0.1, -0.05) is 13.0 Å². The number of hydrogen-bond donors (Lipinski definition) is 2. The third-order valence-corrected chi connectivity index (χ3v) is 5.04. The second-order valence-corrected chi connectivity index (χ2v) is 6.75. The van der Waals surface area contributed by atoms with Crippen LogP contribution in [0, 0.1) is 0 Å². The lowest BCUT2D eigenvalue weighted by Gasteiger charge is -2.18. The molecule has 6 nitrogen and oxygen atoms in total. The van der Waals surface area contributed by atoms with Gasteiger partial charge in [0.05, 0.1) is 4.90 Å². The summed E-state index contributed by atoms with van der Waals surface area (Å²) in [4.78, 5) is 14.0. The third kappa shape index (κ3) is 3.98. The maximum Gasteiger partial charge on any atom is 0.240 e. The average Bonchev–Trinajstić information content (AvgIpc) is 2.87. The van der Waals surface area contributed by atoms with Crippen molar-refractivity contribution in [2.45, 2.75) is 31.1 Å². The third-order valence-electron chi connectivity index (χ3n) is 3.49. The van der Waals surface area contributed by atoms with Crippen LogP contribution in [-0.4, -0.2) is 34.0 Å². The van der Waals surface area contributed by atoms with Crippen LogP contribution in [0.5, 0.6) is 0 Å². The predicted octanol–water partition coefficient (Wildman–Crippen LogP) is 1.03. The van der Waals surface area contributed by atoms with E-state index in [0.717, 1.165) is 12.0 Å². The molecular weight excluding hydrogens is 326 g/mol. The lowest BCUT2D eigenvalue weighted by Crippen LogP contribution is -2.29. The van der Waals surface area contributed by atoms with Crippen LogP contribution < -0.4 is 15.4 Å². The molecule has 0 unspecified atom stereocenters. The molecular formula is C14H22ClN3O3S. The fourth-order valence-corrected chi connectivity index (χ4v) is 3.51. The number of carbonyl (C=O) groups is 1. The topological polar surface area (TPSA) is 92.5 Å². The molecule has 0 radical (unpaired) electrons. The lowest BCUT2D eigenvalue weighted by molar-refractivity contribution is -0.118. The summed E-state index contributed by atoms with van der Waals surface area (Å²) in [6.45, 7) is 3.14. The highest BCUT2D eigenvalue weighted by Gasteiger charge is 2.26. The molecule has 0 saturated heterocycles. The van der Waals surface area contributed by atoms with Crippen molar-refractivity contribution in [2.75, 3.05) is 24.5 Å². The average molecular weight is 348 g/mol. The van der Waals surface area contributed by atoms with Gasteiger partial charge in [0.2, 0.25) is 15.9 Å². The van der Waals surface area contributed by atoms with Gasteiger partial charge in [-0.3, -0.25) is 4.79 Å². The summed E-state index contributed by atoms with van der Waals surface area (Å²) < 4.78 is 26.6. The first-order valence-electron chi connectivity index (χ1n) is 7.12. The minimum Gasteiger partial charge on any atom is -0.330 e. The normalized spacial score (nSPS) is 13.6. The Morgan fingerprint density at radius 2 is 2.14 bits per heavy atom. The zero-order chi connectivity index (χ0) is 15.5. The molecule has 1 amide bonds. The zero-order valence-corrected chi connectivity index (χ0v) is 14.2. The molecule has 1 aromatic rings. The van der Waals surface area contributed by atoms with Gasteiger partial charge in [0.1, 0.15) is 0 Å². The molecule has 0 saturated carbocycles. The monoisotopic (exact) mass is 347 g/mol. The first kappa shape index (κ1) is 18.9. The smallest absolute Gasteiger partial charge is 0.240 e. The van der Waals surface area contributed by atoms with Crippen molar-refractivity contribution in [1.82, 2.24) is 4.72 Å². The fraction of sp³-hybridized carbons (Fsp3) is 0.500. The van der Waals surface area contributed by atoms with E-state index in [2.05, 4.69) is 4.72 Å². The Balaban J connectivity index is 0.00000242. The van der Waals surface area contributed by atoms with Crippen LogP contribution in [0.4, 0.5) is 5.69 Å². The number of nitrogens with two attached hydrogens (primary N) is 1. The highest BCUT2D eigenvalue weighted by atomic mass is 35.5. The molecule has 1 aliphatic rings. The molecule has 8 heteroatoms. The Morgan fingerprint density at radius 3 is 2.77 bits per heavy atom. The van der Waals surface area contributed by atoms with Gasteiger partial charge < -0.3 is 10.6 Å². The number of hydrogen-bond acceptors (Lipinski definition) is 4. The van der Waals surface area contributed by atoms with Gasteiger partial charge in [-0.05, 0) is 37.1 Å². The van der Waals surface area contributed by atoms with Gasteiger partial charge >= 0.3 is 0 Å². The van der Waals surface area contributed by atoms with Crippen molar-refractivity contribution in [1.29, 1.82) is 0 Å². The van der Waals surface area contributed by atoms with Gasteiger partial charge in [0.25, 0.3) is 0 Å². The quantitative estimate of drug-likeness (QED) is 0.804. The number of sulfonamides is 1. The number of nitrogens with one attached hydrogen (secondary N) is 1. The molecule has 0 fully saturated rings. The Labute approximate surface area is 137 Å². The Hall–Kier alpha value is -1.15. The van der Waals surface area contributed by atoms with E-state index in [0.29, 0.717) is 38.2 Å². The molecule has 0 aliphatic carbocycles. The lowest BCUT2D eigenvalue weighted by atomic mass is 10.2. The summed E-state index contributed by atoms with van der Waals surface area (Å²) in [5.41, 5.74) is 7.14. The predicted molar refractivity (Wildman–Crippen MR) is 88.9 cm³/mol. The van der Waals surface area contributed by atoms with Crippen LogP contribution >= 0.6 is 12.4 Å².